The largest absolute Gasteiger partial charge is 0.462 e. The first-order valence-electron chi connectivity index (χ1n) is 29.7. The Morgan fingerprint density at radius 1 is 0.288 bits per heavy atom. The molecule has 0 N–H and O–H groups in total. The number of carbonyl (C=O) groups excluding carboxylic acids is 3. The summed E-state index contributed by atoms with van der Waals surface area (Å²) in [5, 5.41) is 0. The van der Waals surface area contributed by atoms with Gasteiger partial charge in [-0.15, -0.1) is 0 Å². The first kappa shape index (κ1) is 64.2. The molecule has 0 rings (SSSR count). The van der Waals surface area contributed by atoms with Crippen molar-refractivity contribution in [2.24, 2.45) is 0 Å². The van der Waals surface area contributed by atoms with E-state index in [0.29, 0.717) is 19.3 Å². The van der Waals surface area contributed by atoms with Crippen LogP contribution in [-0.2, 0) is 28.6 Å². The summed E-state index contributed by atoms with van der Waals surface area (Å²) in [5.74, 6) is -0.853. The van der Waals surface area contributed by atoms with Crippen LogP contribution in [-0.4, -0.2) is 37.2 Å². The van der Waals surface area contributed by atoms with E-state index in [1.54, 1.807) is 0 Å². The summed E-state index contributed by atoms with van der Waals surface area (Å²) in [5.41, 5.74) is 0. The molecule has 0 spiro atoms. The van der Waals surface area contributed by atoms with E-state index in [9.17, 15) is 14.4 Å². The molecule has 1 unspecified atom stereocenters. The Hall–Kier alpha value is -1.85. The standard InChI is InChI=1S/C60H114O6/c1-4-7-10-13-16-19-22-24-26-27-28-29-30-31-32-34-35-38-41-44-47-50-53-59(62)65-56-57(55-64-58(61)52-49-46-43-40-37-21-18-15-12-9-6-3)66-60(63)54-51-48-45-42-39-36-33-25-23-20-17-14-11-8-5-2/h25,33,57H,4-24,26-32,34-56H2,1-3H3/b33-25-. The van der Waals surface area contributed by atoms with E-state index < -0.39 is 6.10 Å². The number of rotatable bonds is 55. The first-order valence-corrected chi connectivity index (χ1v) is 29.7. The smallest absolute Gasteiger partial charge is 0.306 e. The maximum Gasteiger partial charge on any atom is 0.306 e. The maximum atomic E-state index is 12.8. The molecule has 0 aliphatic carbocycles. The molecule has 0 aromatic heterocycles. The van der Waals surface area contributed by atoms with E-state index in [0.717, 1.165) is 64.2 Å². The van der Waals surface area contributed by atoms with Crippen molar-refractivity contribution in [1.82, 2.24) is 0 Å². The third-order valence-corrected chi connectivity index (χ3v) is 13.5. The molecule has 66 heavy (non-hydrogen) atoms. The predicted octanol–water partition coefficient (Wildman–Crippen LogP) is 19.7. The highest BCUT2D eigenvalue weighted by Gasteiger charge is 2.19. The van der Waals surface area contributed by atoms with Crippen LogP contribution in [0.1, 0.15) is 335 Å². The van der Waals surface area contributed by atoms with Crippen molar-refractivity contribution in [2.45, 2.75) is 341 Å². The molecular formula is C60H114O6. The normalized spacial score (nSPS) is 12.0. The monoisotopic (exact) mass is 931 g/mol. The van der Waals surface area contributed by atoms with Crippen molar-refractivity contribution < 1.29 is 28.6 Å². The number of unbranched alkanes of at least 4 members (excludes halogenated alkanes) is 42. The van der Waals surface area contributed by atoms with Crippen LogP contribution in [0.15, 0.2) is 12.2 Å². The van der Waals surface area contributed by atoms with Gasteiger partial charge < -0.3 is 14.2 Å². The Kier molecular flexibility index (Phi) is 54.2. The molecule has 390 valence electrons. The number of carbonyl (C=O) groups is 3. The fourth-order valence-electron chi connectivity index (χ4n) is 9.03. The van der Waals surface area contributed by atoms with E-state index >= 15 is 0 Å². The van der Waals surface area contributed by atoms with Gasteiger partial charge in [0, 0.05) is 19.3 Å². The number of hydrogen-bond acceptors (Lipinski definition) is 6. The van der Waals surface area contributed by atoms with E-state index in [4.69, 9.17) is 14.2 Å². The molecular weight excluding hydrogens is 817 g/mol. The molecule has 0 saturated carbocycles. The van der Waals surface area contributed by atoms with Gasteiger partial charge in [-0.2, -0.15) is 0 Å². The van der Waals surface area contributed by atoms with Crippen LogP contribution in [0, 0.1) is 0 Å². The van der Waals surface area contributed by atoms with Crippen LogP contribution in [0.25, 0.3) is 0 Å². The van der Waals surface area contributed by atoms with Gasteiger partial charge in [0.05, 0.1) is 0 Å². The van der Waals surface area contributed by atoms with E-state index in [1.165, 1.54) is 231 Å². The number of esters is 3. The Bertz CT molecular complexity index is 1020. The van der Waals surface area contributed by atoms with Gasteiger partial charge in [0.25, 0.3) is 0 Å². The highest BCUT2D eigenvalue weighted by molar-refractivity contribution is 5.71. The minimum Gasteiger partial charge on any atom is -0.462 e. The van der Waals surface area contributed by atoms with Gasteiger partial charge in [0.15, 0.2) is 6.10 Å². The average molecular weight is 932 g/mol. The van der Waals surface area contributed by atoms with Crippen molar-refractivity contribution in [3.63, 3.8) is 0 Å². The molecule has 0 heterocycles. The van der Waals surface area contributed by atoms with Crippen molar-refractivity contribution in [3.05, 3.63) is 12.2 Å². The molecule has 0 aliphatic rings. The van der Waals surface area contributed by atoms with Crippen molar-refractivity contribution in [1.29, 1.82) is 0 Å². The van der Waals surface area contributed by atoms with Gasteiger partial charge in [-0.1, -0.05) is 283 Å². The van der Waals surface area contributed by atoms with Crippen LogP contribution < -0.4 is 0 Å². The SMILES string of the molecule is CCCCCCCC/C=C\CCCCCCCC(=O)OC(COC(=O)CCCCCCCCCCCCC)COC(=O)CCCCCCCCCCCCCCCCCCCCCCCC. The van der Waals surface area contributed by atoms with Crippen LogP contribution >= 0.6 is 0 Å². The number of hydrogen-bond donors (Lipinski definition) is 0. The highest BCUT2D eigenvalue weighted by Crippen LogP contribution is 2.17. The summed E-state index contributed by atoms with van der Waals surface area (Å²) in [6.07, 6.45) is 63.6. The first-order chi connectivity index (χ1) is 32.5. The minimum absolute atomic E-state index is 0.0675. The fourth-order valence-corrected chi connectivity index (χ4v) is 9.03. The van der Waals surface area contributed by atoms with Gasteiger partial charge in [-0.3, -0.25) is 14.4 Å². The average Bonchev–Trinajstić information content (AvgIpc) is 3.31. The lowest BCUT2D eigenvalue weighted by atomic mass is 10.0. The van der Waals surface area contributed by atoms with Crippen LogP contribution in [0.4, 0.5) is 0 Å². The molecule has 0 aliphatic heterocycles. The lowest BCUT2D eigenvalue weighted by Gasteiger charge is -2.18. The van der Waals surface area contributed by atoms with E-state index in [-0.39, 0.29) is 31.1 Å². The van der Waals surface area contributed by atoms with Gasteiger partial charge in [0.2, 0.25) is 0 Å². The van der Waals surface area contributed by atoms with Gasteiger partial charge in [0.1, 0.15) is 13.2 Å². The summed E-state index contributed by atoms with van der Waals surface area (Å²) in [6.45, 7) is 6.68. The number of ether oxygens (including phenoxy) is 3. The fraction of sp³-hybridized carbons (Fsp3) is 0.917. The maximum absolute atomic E-state index is 12.8. The van der Waals surface area contributed by atoms with Crippen molar-refractivity contribution >= 4 is 17.9 Å². The molecule has 1 atom stereocenters. The second-order valence-corrected chi connectivity index (χ2v) is 20.3. The Labute approximate surface area is 411 Å². The molecule has 0 aromatic carbocycles. The van der Waals surface area contributed by atoms with Gasteiger partial charge in [-0.05, 0) is 44.9 Å². The van der Waals surface area contributed by atoms with E-state index in [2.05, 4.69) is 32.9 Å². The summed E-state index contributed by atoms with van der Waals surface area (Å²) in [4.78, 5) is 38.1. The zero-order valence-corrected chi connectivity index (χ0v) is 44.7. The summed E-state index contributed by atoms with van der Waals surface area (Å²) < 4.78 is 16.9. The second kappa shape index (κ2) is 55.7. The lowest BCUT2D eigenvalue weighted by molar-refractivity contribution is -0.167. The Morgan fingerprint density at radius 2 is 0.500 bits per heavy atom. The summed E-state index contributed by atoms with van der Waals surface area (Å²) in [6, 6.07) is 0. The Morgan fingerprint density at radius 3 is 0.758 bits per heavy atom. The molecule has 0 saturated heterocycles. The van der Waals surface area contributed by atoms with Gasteiger partial charge >= 0.3 is 17.9 Å². The Balaban J connectivity index is 4.22. The van der Waals surface area contributed by atoms with Crippen LogP contribution in [0.2, 0.25) is 0 Å². The van der Waals surface area contributed by atoms with E-state index in [1.807, 2.05) is 0 Å². The summed E-state index contributed by atoms with van der Waals surface area (Å²) >= 11 is 0. The lowest BCUT2D eigenvalue weighted by Crippen LogP contribution is -2.30. The molecule has 6 nitrogen and oxygen atoms in total. The quantitative estimate of drug-likeness (QED) is 0.0262. The zero-order chi connectivity index (χ0) is 47.9. The van der Waals surface area contributed by atoms with Crippen molar-refractivity contribution in [3.8, 4) is 0 Å². The predicted molar refractivity (Wildman–Crippen MR) is 284 cm³/mol. The second-order valence-electron chi connectivity index (χ2n) is 20.3. The number of allylic oxidation sites excluding steroid dienone is 2. The molecule has 0 radical (unpaired) electrons. The third kappa shape index (κ3) is 53.1. The zero-order valence-electron chi connectivity index (χ0n) is 44.7. The highest BCUT2D eigenvalue weighted by atomic mass is 16.6. The van der Waals surface area contributed by atoms with Crippen molar-refractivity contribution in [2.75, 3.05) is 13.2 Å². The molecule has 6 heteroatoms. The summed E-state index contributed by atoms with van der Waals surface area (Å²) in [7, 11) is 0. The molecule has 0 fully saturated rings. The third-order valence-electron chi connectivity index (χ3n) is 13.5. The van der Waals surface area contributed by atoms with Crippen LogP contribution in [0.3, 0.4) is 0 Å². The minimum atomic E-state index is -0.768. The van der Waals surface area contributed by atoms with Gasteiger partial charge in [-0.25, -0.2) is 0 Å². The molecule has 0 aromatic rings. The topological polar surface area (TPSA) is 78.9 Å². The molecule has 0 amide bonds. The van der Waals surface area contributed by atoms with Crippen LogP contribution in [0.5, 0.6) is 0 Å². The molecule has 0 bridgehead atoms.